The Kier molecular flexibility index (Phi) is 5.94. The largest absolute Gasteiger partial charge is 0.455 e. The van der Waals surface area contributed by atoms with E-state index in [0.29, 0.717) is 22.6 Å². The van der Waals surface area contributed by atoms with Gasteiger partial charge in [0.2, 0.25) is 5.69 Å². The molecule has 266 valence electrons. The van der Waals surface area contributed by atoms with Crippen molar-refractivity contribution in [2.75, 3.05) is 0 Å². The fraction of sp³-hybridized carbons (Fsp3) is 0. The molecule has 0 aliphatic heterocycles. The van der Waals surface area contributed by atoms with E-state index >= 15 is 0 Å². The Morgan fingerprint density at radius 3 is 1.41 bits per heavy atom. The monoisotopic (exact) mass is 738 g/mol. The van der Waals surface area contributed by atoms with Crippen LogP contribution in [-0.4, -0.2) is 9.13 Å². The van der Waals surface area contributed by atoms with Gasteiger partial charge in [0.15, 0.2) is 0 Å². The van der Waals surface area contributed by atoms with Gasteiger partial charge in [-0.15, -0.1) is 0 Å². The van der Waals surface area contributed by atoms with Gasteiger partial charge in [-0.2, -0.15) is 5.26 Å². The Balaban J connectivity index is 1.16. The van der Waals surface area contributed by atoms with E-state index in [2.05, 4.69) is 129 Å². The van der Waals surface area contributed by atoms with Crippen LogP contribution in [0.5, 0.6) is 0 Å². The molecule has 0 aliphatic rings. The minimum Gasteiger partial charge on any atom is -0.455 e. The van der Waals surface area contributed by atoms with Crippen LogP contribution in [0.4, 0.5) is 5.69 Å². The molecule has 13 aromatic rings. The van der Waals surface area contributed by atoms with E-state index in [1.165, 1.54) is 0 Å². The van der Waals surface area contributed by atoms with Crippen LogP contribution in [-0.2, 0) is 0 Å². The standard InChI is InChI=1S/C52H26N4O2/c1-54-38-27-43(55-39-22-18-29-10-2-4-12-32(29)47(39)49-41(55)24-20-36-34-14-6-8-16-45(34)57-51(36)49)31(28-53)26-44(38)56-40-23-19-30-11-3-5-13-33(30)48(40)50-42(56)25-21-37-35-15-7-9-17-46(35)58-52(37)50/h2-27H. The highest BCUT2D eigenvalue weighted by atomic mass is 16.3. The first-order valence-electron chi connectivity index (χ1n) is 19.2. The summed E-state index contributed by atoms with van der Waals surface area (Å²) < 4.78 is 17.6. The number of para-hydroxylation sites is 2. The fourth-order valence-corrected chi connectivity index (χ4v) is 9.72. The third kappa shape index (κ3) is 3.88. The third-order valence-electron chi connectivity index (χ3n) is 12.1. The molecule has 0 radical (unpaired) electrons. The number of hydrogen-bond acceptors (Lipinski definition) is 3. The van der Waals surface area contributed by atoms with E-state index in [0.717, 1.165) is 109 Å². The maximum Gasteiger partial charge on any atom is 0.212 e. The highest BCUT2D eigenvalue weighted by Crippen LogP contribution is 2.47. The number of nitrogens with zero attached hydrogens (tertiary/aromatic N) is 4. The Morgan fingerprint density at radius 1 is 0.448 bits per heavy atom. The summed E-state index contributed by atoms with van der Waals surface area (Å²) in [5.41, 5.74) is 9.03. The van der Waals surface area contributed by atoms with Crippen molar-refractivity contribution in [3.8, 4) is 17.4 Å². The topological polar surface area (TPSA) is 64.3 Å². The number of aromatic nitrogens is 2. The highest BCUT2D eigenvalue weighted by Gasteiger charge is 2.26. The second-order valence-corrected chi connectivity index (χ2v) is 15.0. The molecule has 4 aromatic heterocycles. The van der Waals surface area contributed by atoms with Crippen molar-refractivity contribution in [1.29, 1.82) is 5.26 Å². The first-order valence-corrected chi connectivity index (χ1v) is 19.2. The Morgan fingerprint density at radius 2 is 0.897 bits per heavy atom. The first-order chi connectivity index (χ1) is 28.7. The molecule has 4 heterocycles. The molecule has 0 spiro atoms. The minimum atomic E-state index is 0.422. The molecule has 0 saturated carbocycles. The number of rotatable bonds is 2. The van der Waals surface area contributed by atoms with Crippen molar-refractivity contribution >= 4 is 115 Å². The Bertz CT molecular complexity index is 3800. The second-order valence-electron chi connectivity index (χ2n) is 15.0. The number of furan rings is 2. The van der Waals surface area contributed by atoms with Gasteiger partial charge in [-0.3, -0.25) is 0 Å². The number of nitriles is 1. The fourth-order valence-electron chi connectivity index (χ4n) is 9.72. The van der Waals surface area contributed by atoms with Gasteiger partial charge in [0.05, 0.1) is 56.3 Å². The van der Waals surface area contributed by atoms with Crippen molar-refractivity contribution in [2.24, 2.45) is 0 Å². The molecule has 0 N–H and O–H groups in total. The molecule has 6 heteroatoms. The summed E-state index contributed by atoms with van der Waals surface area (Å²) in [6, 6.07) is 56.3. The van der Waals surface area contributed by atoms with Gasteiger partial charge >= 0.3 is 0 Å². The van der Waals surface area contributed by atoms with Gasteiger partial charge in [0.1, 0.15) is 28.4 Å². The lowest BCUT2D eigenvalue weighted by Crippen LogP contribution is -2.01. The van der Waals surface area contributed by atoms with Crippen molar-refractivity contribution in [1.82, 2.24) is 9.13 Å². The molecule has 0 unspecified atom stereocenters. The lowest BCUT2D eigenvalue weighted by molar-refractivity contribution is 0.672. The minimum absolute atomic E-state index is 0.422. The van der Waals surface area contributed by atoms with Gasteiger partial charge in [0.25, 0.3) is 0 Å². The van der Waals surface area contributed by atoms with Gasteiger partial charge in [0, 0.05) is 32.3 Å². The van der Waals surface area contributed by atoms with Gasteiger partial charge in [-0.25, -0.2) is 4.85 Å². The molecule has 9 aromatic carbocycles. The molecule has 13 rings (SSSR count). The summed E-state index contributed by atoms with van der Waals surface area (Å²) in [7, 11) is 0. The molecule has 0 atom stereocenters. The van der Waals surface area contributed by atoms with E-state index < -0.39 is 0 Å². The smallest absolute Gasteiger partial charge is 0.212 e. The van der Waals surface area contributed by atoms with Crippen LogP contribution in [0.1, 0.15) is 5.56 Å². The van der Waals surface area contributed by atoms with E-state index in [-0.39, 0.29) is 0 Å². The summed E-state index contributed by atoms with van der Waals surface area (Å²) in [5.74, 6) is 0. The lowest BCUT2D eigenvalue weighted by atomic mass is 10.0. The summed E-state index contributed by atoms with van der Waals surface area (Å²) in [5, 5.41) is 23.7. The van der Waals surface area contributed by atoms with E-state index in [1.54, 1.807) is 0 Å². The van der Waals surface area contributed by atoms with Crippen molar-refractivity contribution in [2.45, 2.75) is 0 Å². The average molecular weight is 739 g/mol. The lowest BCUT2D eigenvalue weighted by Gasteiger charge is -2.16. The Hall–Kier alpha value is -8.32. The SMILES string of the molecule is [C-]#[N+]c1cc(-n2c3ccc4ccccc4c3c3c4oc5ccccc5c4ccc32)c(C#N)cc1-n1c2ccc3ccccc3c2c2c3oc4ccccc4c3ccc21. The maximum absolute atomic E-state index is 11.1. The van der Waals surface area contributed by atoms with E-state index in [9.17, 15) is 5.26 Å². The quantitative estimate of drug-likeness (QED) is 0.166. The Labute approximate surface area is 329 Å². The summed E-state index contributed by atoms with van der Waals surface area (Å²) in [4.78, 5) is 4.20. The molecular weight excluding hydrogens is 713 g/mol. The van der Waals surface area contributed by atoms with E-state index in [4.69, 9.17) is 15.4 Å². The van der Waals surface area contributed by atoms with Crippen LogP contribution in [0.2, 0.25) is 0 Å². The molecule has 58 heavy (non-hydrogen) atoms. The normalized spacial score (nSPS) is 12.1. The predicted octanol–water partition coefficient (Wildman–Crippen LogP) is 14.4. The molecule has 6 nitrogen and oxygen atoms in total. The van der Waals surface area contributed by atoms with E-state index in [1.807, 2.05) is 48.5 Å². The van der Waals surface area contributed by atoms with Crippen LogP contribution < -0.4 is 0 Å². The summed E-state index contributed by atoms with van der Waals surface area (Å²) in [6.45, 7) is 8.68. The maximum atomic E-state index is 11.1. The molecular formula is C52H26N4O2. The van der Waals surface area contributed by atoms with Crippen LogP contribution in [0, 0.1) is 17.9 Å². The number of fused-ring (bicyclic) bond motifs is 18. The van der Waals surface area contributed by atoms with Crippen molar-refractivity contribution < 1.29 is 8.83 Å². The summed E-state index contributed by atoms with van der Waals surface area (Å²) >= 11 is 0. The predicted molar refractivity (Wildman–Crippen MR) is 236 cm³/mol. The molecule has 0 amide bonds. The van der Waals surface area contributed by atoms with Gasteiger partial charge in [-0.05, 0) is 82.2 Å². The first kappa shape index (κ1) is 30.9. The molecule has 0 bridgehead atoms. The van der Waals surface area contributed by atoms with Gasteiger partial charge < -0.3 is 18.0 Å². The second kappa shape index (κ2) is 11.1. The number of benzene rings is 9. The molecule has 0 aliphatic carbocycles. The van der Waals surface area contributed by atoms with Crippen LogP contribution in [0.15, 0.2) is 167 Å². The van der Waals surface area contributed by atoms with Crippen molar-refractivity contribution in [3.63, 3.8) is 0 Å². The zero-order valence-electron chi connectivity index (χ0n) is 30.6. The van der Waals surface area contributed by atoms with Crippen LogP contribution >= 0.6 is 0 Å². The highest BCUT2D eigenvalue weighted by molar-refractivity contribution is 6.31. The molecule has 0 fully saturated rings. The summed E-state index contributed by atoms with van der Waals surface area (Å²) in [6.07, 6.45) is 0. The van der Waals surface area contributed by atoms with Crippen LogP contribution in [0.3, 0.4) is 0 Å². The number of hydrogen-bond donors (Lipinski definition) is 0. The average Bonchev–Trinajstić information content (AvgIpc) is 4.03. The zero-order valence-corrected chi connectivity index (χ0v) is 30.6. The van der Waals surface area contributed by atoms with Gasteiger partial charge in [-0.1, -0.05) is 97.1 Å². The van der Waals surface area contributed by atoms with Crippen molar-refractivity contribution in [3.05, 3.63) is 175 Å². The van der Waals surface area contributed by atoms with Crippen LogP contribution in [0.25, 0.3) is 125 Å². The molecule has 0 saturated heterocycles. The zero-order chi connectivity index (χ0) is 38.2. The third-order valence-corrected chi connectivity index (χ3v) is 12.1.